The Kier molecular flexibility index (Phi) is 10.4. The Balaban J connectivity index is 1.16. The molecule has 0 aliphatic heterocycles. The van der Waals surface area contributed by atoms with Gasteiger partial charge in [0, 0.05) is 65.9 Å². The zero-order chi connectivity index (χ0) is 44.0. The number of fused-ring (bicyclic) bond motifs is 4. The number of nitrogens with zero attached hydrogens (tertiary/aromatic N) is 2. The van der Waals surface area contributed by atoms with E-state index in [9.17, 15) is 4.89 Å². The molecule has 1 N–H and O–H groups in total. The Morgan fingerprint density at radius 2 is 0.815 bits per heavy atom. The largest absolute Gasteiger partial charge is 0.309 e. The third-order valence-corrected chi connectivity index (χ3v) is 21.7. The number of pyridine rings is 1. The molecule has 0 saturated carbocycles. The predicted molar refractivity (Wildman–Crippen MR) is 276 cm³/mol. The van der Waals surface area contributed by atoms with E-state index in [-0.39, 0.29) is 0 Å². The first-order chi connectivity index (χ1) is 31.9. The van der Waals surface area contributed by atoms with Gasteiger partial charge in [0.15, 0.2) is 14.3 Å². The minimum atomic E-state index is -3.36. The molecule has 0 bridgehead atoms. The van der Waals surface area contributed by atoms with Crippen molar-refractivity contribution in [1.82, 2.24) is 9.55 Å². The molecule has 0 amide bonds. The van der Waals surface area contributed by atoms with Crippen LogP contribution in [0.15, 0.2) is 249 Å². The van der Waals surface area contributed by atoms with Gasteiger partial charge >= 0.3 is 0 Å². The lowest BCUT2D eigenvalue weighted by Crippen LogP contribution is -2.30. The zero-order valence-corrected chi connectivity index (χ0v) is 37.9. The second-order valence-corrected chi connectivity index (χ2v) is 24.5. The minimum Gasteiger partial charge on any atom is -0.309 e. The van der Waals surface area contributed by atoms with Crippen molar-refractivity contribution in [2.24, 2.45) is 0 Å². The van der Waals surface area contributed by atoms with Gasteiger partial charge in [-0.05, 0) is 91.0 Å². The summed E-state index contributed by atoms with van der Waals surface area (Å²) in [7, 11) is -9.81. The van der Waals surface area contributed by atoms with Crippen LogP contribution in [0.2, 0.25) is 0 Å². The van der Waals surface area contributed by atoms with E-state index in [1.807, 2.05) is 218 Å². The van der Waals surface area contributed by atoms with Crippen molar-refractivity contribution in [3.8, 4) is 5.69 Å². The Labute approximate surface area is 378 Å². The molecule has 0 radical (unpaired) electrons. The summed E-state index contributed by atoms with van der Waals surface area (Å²) < 4.78 is 33.5. The molecule has 2 heterocycles. The molecule has 312 valence electrons. The fourth-order valence-electron chi connectivity index (χ4n) is 9.28. The van der Waals surface area contributed by atoms with Crippen LogP contribution in [0.1, 0.15) is 0 Å². The van der Waals surface area contributed by atoms with Crippen molar-refractivity contribution in [3.63, 3.8) is 0 Å². The molecule has 9 aromatic carbocycles. The smallest absolute Gasteiger partial charge is 0.238 e. The number of hydrogen-bond donors (Lipinski definition) is 1. The van der Waals surface area contributed by atoms with E-state index in [0.29, 0.717) is 5.30 Å². The second kappa shape index (κ2) is 16.5. The molecule has 11 rings (SSSR count). The van der Waals surface area contributed by atoms with Gasteiger partial charge in [0.2, 0.25) is 7.49 Å². The van der Waals surface area contributed by atoms with Crippen molar-refractivity contribution in [3.05, 3.63) is 249 Å². The summed E-state index contributed by atoms with van der Waals surface area (Å²) in [5.74, 6) is 0. The third kappa shape index (κ3) is 6.83. The fourth-order valence-corrected chi connectivity index (χ4v) is 17.3. The summed E-state index contributed by atoms with van der Waals surface area (Å²) >= 11 is 0. The van der Waals surface area contributed by atoms with Gasteiger partial charge in [0.25, 0.3) is 0 Å². The van der Waals surface area contributed by atoms with Gasteiger partial charge in [0.05, 0.1) is 16.6 Å². The van der Waals surface area contributed by atoms with Crippen molar-refractivity contribution >= 4 is 102 Å². The Morgan fingerprint density at radius 1 is 0.385 bits per heavy atom. The van der Waals surface area contributed by atoms with Crippen LogP contribution in [0.3, 0.4) is 0 Å². The molecule has 0 saturated heterocycles. The molecule has 11 aromatic rings. The van der Waals surface area contributed by atoms with Gasteiger partial charge in [0.1, 0.15) is 15.9 Å². The van der Waals surface area contributed by atoms with Gasteiger partial charge in [-0.2, -0.15) is 0 Å². The molecule has 65 heavy (non-hydrogen) atoms. The fraction of sp³-hybridized carbons (Fsp3) is 0. The lowest BCUT2D eigenvalue weighted by molar-refractivity contribution is 0.591. The maximum atomic E-state index is 15.9. The van der Waals surface area contributed by atoms with Crippen molar-refractivity contribution in [1.29, 1.82) is 0 Å². The van der Waals surface area contributed by atoms with Crippen LogP contribution in [-0.4, -0.2) is 14.4 Å². The number of benzene rings is 9. The normalized spacial score (nSPS) is 12.9. The lowest BCUT2D eigenvalue weighted by atomic mass is 10.1. The summed E-state index contributed by atoms with van der Waals surface area (Å²) in [6, 6.07) is 79.3. The molecule has 0 aliphatic carbocycles. The summed E-state index contributed by atoms with van der Waals surface area (Å²) in [5, 5.41) is 9.70. The quantitative estimate of drug-likeness (QED) is 0.139. The Morgan fingerprint density at radius 3 is 1.37 bits per heavy atom. The monoisotopic (exact) mass is 895 g/mol. The zero-order valence-electron chi connectivity index (χ0n) is 35.2. The van der Waals surface area contributed by atoms with E-state index in [4.69, 9.17) is 0 Å². The average Bonchev–Trinajstić information content (AvgIpc) is 3.72. The van der Waals surface area contributed by atoms with Gasteiger partial charge in [-0.3, -0.25) is 4.98 Å². The molecular weight excluding hydrogens is 854 g/mol. The highest BCUT2D eigenvalue weighted by molar-refractivity contribution is 7.91. The highest BCUT2D eigenvalue weighted by atomic mass is 31.2. The molecule has 1 atom stereocenters. The molecule has 0 spiro atoms. The topological polar surface area (TPSA) is 72.2 Å². The highest BCUT2D eigenvalue weighted by Gasteiger charge is 2.45. The van der Waals surface area contributed by atoms with Gasteiger partial charge < -0.3 is 13.7 Å². The molecule has 0 aliphatic rings. The van der Waals surface area contributed by atoms with Crippen LogP contribution >= 0.6 is 21.8 Å². The summed E-state index contributed by atoms with van der Waals surface area (Å²) in [5.41, 5.74) is 3.51. The number of aromatic nitrogens is 2. The summed E-state index contributed by atoms with van der Waals surface area (Å²) in [6.07, 6.45) is 1.78. The van der Waals surface area contributed by atoms with E-state index in [0.717, 1.165) is 80.8 Å². The van der Waals surface area contributed by atoms with Crippen LogP contribution in [0.5, 0.6) is 0 Å². The SMILES string of the molecule is O=P(c1ccccc1)(c1ccccc1)c1ccc(-n2c3ccc(P(=O)(c4ccccc4)c4ccccc4)cc3c3cc([P+](O)(c4ccccc4)c4ccc5cccnc5c4)ccc32)cc1. The molecule has 2 aromatic heterocycles. The number of hydrogen-bond acceptors (Lipinski definition) is 4. The predicted octanol–water partition coefficient (Wildman–Crippen LogP) is 9.81. The van der Waals surface area contributed by atoms with Crippen LogP contribution < -0.4 is 47.7 Å². The molecular formula is C57H42N2O3P3+. The highest BCUT2D eigenvalue weighted by Crippen LogP contribution is 2.52. The molecule has 8 heteroatoms. The van der Waals surface area contributed by atoms with E-state index >= 15 is 9.13 Å². The first kappa shape index (κ1) is 40.8. The van der Waals surface area contributed by atoms with Crippen LogP contribution in [0.25, 0.3) is 38.4 Å². The molecule has 0 fully saturated rings. The van der Waals surface area contributed by atoms with Gasteiger partial charge in [-0.1, -0.05) is 146 Å². The molecule has 5 nitrogen and oxygen atoms in total. The average molecular weight is 896 g/mol. The van der Waals surface area contributed by atoms with E-state index in [2.05, 4.69) is 33.8 Å². The van der Waals surface area contributed by atoms with Crippen molar-refractivity contribution in [2.75, 3.05) is 0 Å². The summed E-state index contributed by atoms with van der Waals surface area (Å²) in [4.78, 5) is 18.1. The van der Waals surface area contributed by atoms with Gasteiger partial charge in [-0.15, -0.1) is 0 Å². The van der Waals surface area contributed by atoms with Crippen molar-refractivity contribution < 1.29 is 14.0 Å². The van der Waals surface area contributed by atoms with E-state index in [1.165, 1.54) is 0 Å². The third-order valence-electron chi connectivity index (χ3n) is 12.5. The minimum absolute atomic E-state index is 0.711. The van der Waals surface area contributed by atoms with E-state index < -0.39 is 21.8 Å². The maximum absolute atomic E-state index is 15.9. The number of rotatable bonds is 10. The van der Waals surface area contributed by atoms with Crippen LogP contribution in [-0.2, 0) is 9.13 Å². The molecule has 1 unspecified atom stereocenters. The lowest BCUT2D eigenvalue weighted by Gasteiger charge is -2.21. The van der Waals surface area contributed by atoms with Crippen molar-refractivity contribution in [2.45, 2.75) is 0 Å². The second-order valence-electron chi connectivity index (χ2n) is 16.2. The summed E-state index contributed by atoms with van der Waals surface area (Å²) in [6.45, 7) is 0. The van der Waals surface area contributed by atoms with Crippen LogP contribution in [0, 0.1) is 0 Å². The van der Waals surface area contributed by atoms with E-state index in [1.54, 1.807) is 6.20 Å². The Hall–Kier alpha value is -6.96. The standard InChI is InChI=1S/C57H42N2O3P3/c60-63(44-18-6-1-7-19-44,45-20-8-2-9-21-45)49-32-29-43(30-33-49)59-56-36-34-50(64(61,46-22-10-3-11-23-46)47-24-12-4-13-25-47)39-53(56)54-40-51(35-37-57(54)59)65(62,48-26-14-5-15-27-48)52-31-28-42-17-16-38-58-55(42)41-52/h1-41,62H/q+1. The first-order valence-corrected chi connectivity index (χ1v) is 26.7. The van der Waals surface area contributed by atoms with Gasteiger partial charge in [-0.25, -0.2) is 4.89 Å². The van der Waals surface area contributed by atoms with Crippen LogP contribution in [0.4, 0.5) is 0 Å². The first-order valence-electron chi connectivity index (χ1n) is 21.5. The Bertz CT molecular complexity index is 3520. The maximum Gasteiger partial charge on any atom is 0.238 e.